The first kappa shape index (κ1) is 15.9. The lowest BCUT2D eigenvalue weighted by Gasteiger charge is -2.12. The van der Waals surface area contributed by atoms with Gasteiger partial charge in [-0.05, 0) is 42.5 Å². The molecule has 0 aliphatic carbocycles. The highest BCUT2D eigenvalue weighted by Gasteiger charge is 2.09. The molecular weight excluding hydrogens is 304 g/mol. The fourth-order valence-electron chi connectivity index (χ4n) is 1.88. The van der Waals surface area contributed by atoms with Crippen LogP contribution in [0, 0.1) is 0 Å². The number of carbonyl (C=O) groups is 2. The van der Waals surface area contributed by atoms with Crippen LogP contribution in [-0.4, -0.2) is 18.9 Å². The highest BCUT2D eigenvalue weighted by Crippen LogP contribution is 2.28. The first-order chi connectivity index (χ1) is 10.5. The molecule has 0 atom stereocenters. The normalized spacial score (nSPS) is 9.95. The fourth-order valence-corrected chi connectivity index (χ4v) is 2.00. The minimum atomic E-state index is -0.268. The molecule has 6 heteroatoms. The van der Waals surface area contributed by atoms with E-state index in [9.17, 15) is 9.59 Å². The zero-order chi connectivity index (χ0) is 16.1. The average Bonchev–Trinajstić information content (AvgIpc) is 2.47. The number of nitrogens with one attached hydrogen (secondary N) is 2. The largest absolute Gasteiger partial charge is 0.495 e. The molecule has 114 valence electrons. The number of hydrogen-bond acceptors (Lipinski definition) is 3. The van der Waals surface area contributed by atoms with Crippen LogP contribution < -0.4 is 15.4 Å². The van der Waals surface area contributed by atoms with Crippen molar-refractivity contribution in [2.24, 2.45) is 0 Å². The molecule has 0 saturated heterocycles. The van der Waals surface area contributed by atoms with Crippen LogP contribution in [0.1, 0.15) is 17.3 Å². The van der Waals surface area contributed by atoms with E-state index < -0.39 is 0 Å². The highest BCUT2D eigenvalue weighted by molar-refractivity contribution is 6.30. The van der Waals surface area contributed by atoms with Crippen molar-refractivity contribution in [3.63, 3.8) is 0 Å². The van der Waals surface area contributed by atoms with Gasteiger partial charge < -0.3 is 15.4 Å². The van der Waals surface area contributed by atoms with E-state index in [1.165, 1.54) is 14.0 Å². The number of benzene rings is 2. The Bertz CT molecular complexity index is 699. The molecule has 2 rings (SSSR count). The number of methoxy groups -OCH3 is 1. The predicted molar refractivity (Wildman–Crippen MR) is 86.7 cm³/mol. The Balaban J connectivity index is 2.20. The number of rotatable bonds is 4. The first-order valence-corrected chi connectivity index (χ1v) is 6.90. The SMILES string of the molecule is COc1ccc(NC(=O)c2ccc(Cl)cc2)cc1NC(C)=O. The second-order valence-corrected chi connectivity index (χ2v) is 4.99. The Hall–Kier alpha value is -2.53. The van der Waals surface area contributed by atoms with Crippen molar-refractivity contribution in [1.82, 2.24) is 0 Å². The van der Waals surface area contributed by atoms with E-state index >= 15 is 0 Å². The molecule has 0 aliphatic rings. The van der Waals surface area contributed by atoms with Gasteiger partial charge in [0.05, 0.1) is 12.8 Å². The van der Waals surface area contributed by atoms with Crippen molar-refractivity contribution in [1.29, 1.82) is 0 Å². The number of hydrogen-bond donors (Lipinski definition) is 2. The summed E-state index contributed by atoms with van der Waals surface area (Å²) in [5.41, 5.74) is 1.52. The topological polar surface area (TPSA) is 67.4 Å². The Labute approximate surface area is 133 Å². The van der Waals surface area contributed by atoms with Crippen LogP contribution in [0.4, 0.5) is 11.4 Å². The molecular formula is C16H15ClN2O3. The number of carbonyl (C=O) groups excluding carboxylic acids is 2. The van der Waals surface area contributed by atoms with E-state index in [-0.39, 0.29) is 11.8 Å². The van der Waals surface area contributed by atoms with Crippen molar-refractivity contribution in [2.45, 2.75) is 6.92 Å². The number of ether oxygens (including phenoxy) is 1. The highest BCUT2D eigenvalue weighted by atomic mass is 35.5. The van der Waals surface area contributed by atoms with Gasteiger partial charge in [-0.1, -0.05) is 11.6 Å². The molecule has 2 N–H and O–H groups in total. The van der Waals surface area contributed by atoms with E-state index in [2.05, 4.69) is 10.6 Å². The molecule has 22 heavy (non-hydrogen) atoms. The lowest BCUT2D eigenvalue weighted by molar-refractivity contribution is -0.114. The number of halogens is 1. The maximum absolute atomic E-state index is 12.1. The van der Waals surface area contributed by atoms with Gasteiger partial charge >= 0.3 is 0 Å². The summed E-state index contributed by atoms with van der Waals surface area (Å²) in [7, 11) is 1.51. The lowest BCUT2D eigenvalue weighted by atomic mass is 10.2. The van der Waals surface area contributed by atoms with Crippen molar-refractivity contribution in [3.8, 4) is 5.75 Å². The van der Waals surface area contributed by atoms with Crippen LogP contribution in [0.25, 0.3) is 0 Å². The molecule has 2 aromatic rings. The second kappa shape index (κ2) is 6.95. The first-order valence-electron chi connectivity index (χ1n) is 6.52. The molecule has 0 aliphatic heterocycles. The van der Waals surface area contributed by atoms with E-state index in [0.717, 1.165) is 0 Å². The second-order valence-electron chi connectivity index (χ2n) is 4.56. The zero-order valence-electron chi connectivity index (χ0n) is 12.1. The molecule has 2 amide bonds. The van der Waals surface area contributed by atoms with Gasteiger partial charge in [-0.3, -0.25) is 9.59 Å². The smallest absolute Gasteiger partial charge is 0.255 e. The summed E-state index contributed by atoms with van der Waals surface area (Å²) in [6.45, 7) is 1.40. The van der Waals surface area contributed by atoms with Gasteiger partial charge in [0.25, 0.3) is 5.91 Å². The Morgan fingerprint density at radius 3 is 2.32 bits per heavy atom. The predicted octanol–water partition coefficient (Wildman–Crippen LogP) is 3.56. The standard InChI is InChI=1S/C16H15ClN2O3/c1-10(20)18-14-9-13(7-8-15(14)22-2)19-16(21)11-3-5-12(17)6-4-11/h3-9H,1-2H3,(H,18,20)(H,19,21). The van der Waals surface area contributed by atoms with Crippen LogP contribution in [0.15, 0.2) is 42.5 Å². The molecule has 0 spiro atoms. The van der Waals surface area contributed by atoms with Gasteiger partial charge in [-0.2, -0.15) is 0 Å². The maximum Gasteiger partial charge on any atom is 0.255 e. The summed E-state index contributed by atoms with van der Waals surface area (Å²) in [6, 6.07) is 11.6. The van der Waals surface area contributed by atoms with Crippen LogP contribution in [-0.2, 0) is 4.79 Å². The van der Waals surface area contributed by atoms with Crippen molar-refractivity contribution >= 4 is 34.8 Å². The molecule has 0 unspecified atom stereocenters. The zero-order valence-corrected chi connectivity index (χ0v) is 12.9. The average molecular weight is 319 g/mol. The van der Waals surface area contributed by atoms with Gasteiger partial charge in [0.1, 0.15) is 5.75 Å². The van der Waals surface area contributed by atoms with Gasteiger partial charge in [-0.15, -0.1) is 0 Å². The molecule has 2 aromatic carbocycles. The van der Waals surface area contributed by atoms with E-state index in [0.29, 0.717) is 27.7 Å². The lowest BCUT2D eigenvalue weighted by Crippen LogP contribution is -2.13. The Morgan fingerprint density at radius 1 is 1.05 bits per heavy atom. The third kappa shape index (κ3) is 3.99. The summed E-state index contributed by atoms with van der Waals surface area (Å²) >= 11 is 5.79. The molecule has 0 fully saturated rings. The van der Waals surface area contributed by atoms with Gasteiger partial charge in [-0.25, -0.2) is 0 Å². The van der Waals surface area contributed by atoms with Crippen LogP contribution >= 0.6 is 11.6 Å². The van der Waals surface area contributed by atoms with Crippen LogP contribution in [0.3, 0.4) is 0 Å². The van der Waals surface area contributed by atoms with Gasteiger partial charge in [0, 0.05) is 23.2 Å². The van der Waals surface area contributed by atoms with Crippen molar-refractivity contribution < 1.29 is 14.3 Å². The summed E-state index contributed by atoms with van der Waals surface area (Å²) in [5, 5.41) is 5.97. The molecule has 5 nitrogen and oxygen atoms in total. The van der Waals surface area contributed by atoms with Crippen molar-refractivity contribution in [3.05, 3.63) is 53.1 Å². The number of anilines is 2. The summed E-state index contributed by atoms with van der Waals surface area (Å²) < 4.78 is 5.16. The molecule has 0 aromatic heterocycles. The molecule has 0 saturated carbocycles. The maximum atomic E-state index is 12.1. The van der Waals surface area contributed by atoms with E-state index in [4.69, 9.17) is 16.3 Å². The van der Waals surface area contributed by atoms with Gasteiger partial charge in [0.15, 0.2) is 0 Å². The van der Waals surface area contributed by atoms with Crippen LogP contribution in [0.2, 0.25) is 5.02 Å². The van der Waals surface area contributed by atoms with E-state index in [1.807, 2.05) is 0 Å². The third-order valence-corrected chi connectivity index (χ3v) is 3.13. The molecule has 0 bridgehead atoms. The quantitative estimate of drug-likeness (QED) is 0.905. The summed E-state index contributed by atoms with van der Waals surface area (Å²) in [4.78, 5) is 23.3. The monoisotopic (exact) mass is 318 g/mol. The fraction of sp³-hybridized carbons (Fsp3) is 0.125. The Morgan fingerprint density at radius 2 is 1.73 bits per heavy atom. The van der Waals surface area contributed by atoms with Gasteiger partial charge in [0.2, 0.25) is 5.91 Å². The minimum absolute atomic E-state index is 0.223. The summed E-state index contributed by atoms with van der Waals surface area (Å²) in [5.74, 6) is 0.0229. The Kier molecular flexibility index (Phi) is 5.01. The number of amides is 2. The van der Waals surface area contributed by atoms with Crippen LogP contribution in [0.5, 0.6) is 5.75 Å². The molecule has 0 radical (unpaired) electrons. The molecule has 0 heterocycles. The van der Waals surface area contributed by atoms with Crippen molar-refractivity contribution in [2.75, 3.05) is 17.7 Å². The van der Waals surface area contributed by atoms with E-state index in [1.54, 1.807) is 42.5 Å². The third-order valence-electron chi connectivity index (χ3n) is 2.87. The minimum Gasteiger partial charge on any atom is -0.495 e. The summed E-state index contributed by atoms with van der Waals surface area (Å²) in [6.07, 6.45) is 0.